The van der Waals surface area contributed by atoms with Crippen LogP contribution < -0.4 is 10.6 Å². The van der Waals surface area contributed by atoms with Gasteiger partial charge in [-0.15, -0.1) is 0 Å². The molecule has 1 aliphatic heterocycles. The Labute approximate surface area is 121 Å². The Hall–Kier alpha value is -1.29. The number of amides is 1. The van der Waals surface area contributed by atoms with Crippen LogP contribution in [0, 0.1) is 5.92 Å². The number of carbonyl (C=O) groups is 1. The van der Waals surface area contributed by atoms with Crippen LogP contribution in [0.3, 0.4) is 0 Å². The zero-order valence-electron chi connectivity index (χ0n) is 12.7. The monoisotopic (exact) mass is 278 g/mol. The summed E-state index contributed by atoms with van der Waals surface area (Å²) in [5, 5.41) is 6.51. The van der Waals surface area contributed by atoms with Gasteiger partial charge in [-0.2, -0.15) is 0 Å². The second-order valence-corrected chi connectivity index (χ2v) is 6.68. The van der Waals surface area contributed by atoms with Gasteiger partial charge in [0.1, 0.15) is 5.60 Å². The average Bonchev–Trinajstić information content (AvgIpc) is 2.38. The molecule has 0 saturated carbocycles. The molecule has 112 valence electrons. The highest BCUT2D eigenvalue weighted by Crippen LogP contribution is 2.33. The molecule has 2 aliphatic rings. The summed E-state index contributed by atoms with van der Waals surface area (Å²) in [4.78, 5) is 12.2. The average molecular weight is 278 g/mol. The van der Waals surface area contributed by atoms with Crippen molar-refractivity contribution in [2.24, 2.45) is 5.92 Å². The fourth-order valence-electron chi connectivity index (χ4n) is 2.97. The van der Waals surface area contributed by atoms with Gasteiger partial charge in [0, 0.05) is 0 Å². The van der Waals surface area contributed by atoms with Gasteiger partial charge in [0.2, 0.25) is 0 Å². The predicted octanol–water partition coefficient (Wildman–Crippen LogP) is 2.77. The maximum Gasteiger partial charge on any atom is 0.408 e. The van der Waals surface area contributed by atoms with Crippen LogP contribution in [-0.2, 0) is 4.74 Å². The van der Waals surface area contributed by atoms with E-state index < -0.39 is 5.60 Å². The van der Waals surface area contributed by atoms with Crippen molar-refractivity contribution in [2.75, 3.05) is 13.1 Å². The zero-order chi connectivity index (χ0) is 14.6. The lowest BCUT2D eigenvalue weighted by atomic mass is 9.74. The van der Waals surface area contributed by atoms with Crippen LogP contribution in [0.1, 0.15) is 40.0 Å². The maximum atomic E-state index is 12.2. The molecular weight excluding hydrogens is 252 g/mol. The summed E-state index contributed by atoms with van der Waals surface area (Å²) in [6.45, 7) is 7.70. The van der Waals surface area contributed by atoms with E-state index in [1.165, 1.54) is 0 Å². The van der Waals surface area contributed by atoms with E-state index in [0.717, 1.165) is 32.4 Å². The van der Waals surface area contributed by atoms with Crippen LogP contribution in [0.4, 0.5) is 4.79 Å². The third kappa shape index (κ3) is 3.85. The molecule has 2 N–H and O–H groups in total. The lowest BCUT2D eigenvalue weighted by Gasteiger charge is -2.42. The van der Waals surface area contributed by atoms with Gasteiger partial charge >= 0.3 is 6.09 Å². The van der Waals surface area contributed by atoms with Gasteiger partial charge in [-0.05, 0) is 59.0 Å². The zero-order valence-corrected chi connectivity index (χ0v) is 12.7. The summed E-state index contributed by atoms with van der Waals surface area (Å²) < 4.78 is 5.43. The molecule has 0 spiro atoms. The van der Waals surface area contributed by atoms with Crippen LogP contribution >= 0.6 is 0 Å². The predicted molar refractivity (Wildman–Crippen MR) is 80.6 cm³/mol. The van der Waals surface area contributed by atoms with E-state index in [0.29, 0.717) is 5.92 Å². The lowest BCUT2D eigenvalue weighted by Crippen LogP contribution is -2.55. The van der Waals surface area contributed by atoms with E-state index in [1.807, 2.05) is 32.9 Å². The second-order valence-electron chi connectivity index (χ2n) is 6.68. The number of piperidine rings is 1. The summed E-state index contributed by atoms with van der Waals surface area (Å²) >= 11 is 0. The Morgan fingerprint density at radius 1 is 1.30 bits per heavy atom. The molecule has 1 fully saturated rings. The lowest BCUT2D eigenvalue weighted by molar-refractivity contribution is 0.0431. The Kier molecular flexibility index (Phi) is 4.53. The molecule has 0 aromatic carbocycles. The molecule has 1 saturated heterocycles. The largest absolute Gasteiger partial charge is 0.444 e. The van der Waals surface area contributed by atoms with Crippen molar-refractivity contribution in [3.8, 4) is 0 Å². The molecule has 4 heteroatoms. The highest BCUT2D eigenvalue weighted by atomic mass is 16.6. The third-order valence-electron chi connectivity index (χ3n) is 3.90. The van der Waals surface area contributed by atoms with Crippen molar-refractivity contribution in [3.05, 3.63) is 24.3 Å². The molecular formula is C16H26N2O2. The highest BCUT2D eigenvalue weighted by molar-refractivity contribution is 5.69. The molecule has 0 aromatic rings. The van der Waals surface area contributed by atoms with Gasteiger partial charge in [-0.25, -0.2) is 4.79 Å². The van der Waals surface area contributed by atoms with Crippen LogP contribution in [0.2, 0.25) is 0 Å². The first-order chi connectivity index (χ1) is 9.41. The van der Waals surface area contributed by atoms with Gasteiger partial charge in [0.25, 0.3) is 0 Å². The standard InChI is InChI=1S/C16H26N2O2/c1-15(2,3)20-14(19)18-16(9-5-4-6-10-16)13-7-11-17-12-8-13/h4-6,9,13,17H,7-8,10-12H2,1-3H3,(H,18,19). The highest BCUT2D eigenvalue weighted by Gasteiger charge is 2.39. The van der Waals surface area contributed by atoms with Crippen molar-refractivity contribution in [2.45, 2.75) is 51.2 Å². The molecule has 20 heavy (non-hydrogen) atoms. The number of nitrogens with one attached hydrogen (secondary N) is 2. The molecule has 0 aromatic heterocycles. The van der Waals surface area contributed by atoms with Crippen LogP contribution in [0.25, 0.3) is 0 Å². The molecule has 4 nitrogen and oxygen atoms in total. The Bertz CT molecular complexity index is 403. The quantitative estimate of drug-likeness (QED) is 0.816. The van der Waals surface area contributed by atoms with Crippen molar-refractivity contribution in [1.82, 2.24) is 10.6 Å². The molecule has 0 bridgehead atoms. The Morgan fingerprint density at radius 2 is 2.00 bits per heavy atom. The fraction of sp³-hybridized carbons (Fsp3) is 0.688. The molecule has 1 atom stereocenters. The second kappa shape index (κ2) is 6.00. The smallest absolute Gasteiger partial charge is 0.408 e. The summed E-state index contributed by atoms with van der Waals surface area (Å²) in [6, 6.07) is 0. The first-order valence-corrected chi connectivity index (χ1v) is 7.48. The van der Waals surface area contributed by atoms with Crippen molar-refractivity contribution >= 4 is 6.09 Å². The number of allylic oxidation sites excluding steroid dienone is 2. The molecule has 2 rings (SSSR count). The number of hydrogen-bond donors (Lipinski definition) is 2. The van der Waals surface area contributed by atoms with Crippen molar-refractivity contribution < 1.29 is 9.53 Å². The van der Waals surface area contributed by atoms with Gasteiger partial charge in [0.15, 0.2) is 0 Å². The first kappa shape index (κ1) is 15.1. The summed E-state index contributed by atoms with van der Waals surface area (Å²) in [5.74, 6) is 0.456. The molecule has 1 heterocycles. The van der Waals surface area contributed by atoms with E-state index in [4.69, 9.17) is 4.74 Å². The minimum Gasteiger partial charge on any atom is -0.444 e. The maximum absolute atomic E-state index is 12.2. The summed E-state index contributed by atoms with van der Waals surface area (Å²) in [6.07, 6.45) is 11.0. The minimum absolute atomic E-state index is 0.292. The van der Waals surface area contributed by atoms with Crippen molar-refractivity contribution in [3.63, 3.8) is 0 Å². The molecule has 1 amide bonds. The van der Waals surface area contributed by atoms with Gasteiger partial charge in [-0.3, -0.25) is 0 Å². The summed E-state index contributed by atoms with van der Waals surface area (Å²) in [7, 11) is 0. The van der Waals surface area contributed by atoms with Crippen LogP contribution in [0.15, 0.2) is 24.3 Å². The molecule has 0 radical (unpaired) electrons. The van der Waals surface area contributed by atoms with Gasteiger partial charge in [-0.1, -0.05) is 24.3 Å². The number of rotatable bonds is 2. The minimum atomic E-state index is -0.465. The van der Waals surface area contributed by atoms with Crippen LogP contribution in [-0.4, -0.2) is 30.3 Å². The van der Waals surface area contributed by atoms with Crippen molar-refractivity contribution in [1.29, 1.82) is 0 Å². The van der Waals surface area contributed by atoms with E-state index in [2.05, 4.69) is 22.8 Å². The molecule has 1 aliphatic carbocycles. The topological polar surface area (TPSA) is 50.4 Å². The van der Waals surface area contributed by atoms with E-state index in [1.54, 1.807) is 0 Å². The normalized spacial score (nSPS) is 27.4. The van der Waals surface area contributed by atoms with Gasteiger partial charge in [0.05, 0.1) is 5.54 Å². The summed E-state index contributed by atoms with van der Waals surface area (Å²) in [5.41, 5.74) is -0.757. The van der Waals surface area contributed by atoms with Gasteiger partial charge < -0.3 is 15.4 Å². The fourth-order valence-corrected chi connectivity index (χ4v) is 2.97. The third-order valence-corrected chi connectivity index (χ3v) is 3.90. The number of hydrogen-bond acceptors (Lipinski definition) is 3. The number of carbonyl (C=O) groups excluding carboxylic acids is 1. The Morgan fingerprint density at radius 3 is 2.55 bits per heavy atom. The SMILES string of the molecule is CC(C)(C)OC(=O)NC1(C2CCNCC2)C=CC=CC1. The van der Waals surface area contributed by atoms with Crippen LogP contribution in [0.5, 0.6) is 0 Å². The van der Waals surface area contributed by atoms with E-state index in [-0.39, 0.29) is 11.6 Å². The number of ether oxygens (including phenoxy) is 1. The van der Waals surface area contributed by atoms with E-state index >= 15 is 0 Å². The van der Waals surface area contributed by atoms with E-state index in [9.17, 15) is 4.79 Å². The first-order valence-electron chi connectivity index (χ1n) is 7.48. The number of alkyl carbamates (subject to hydrolysis) is 1. The Balaban J connectivity index is 2.09. The molecule has 1 unspecified atom stereocenters.